The highest BCUT2D eigenvalue weighted by Gasteiger charge is 2.26. The molecule has 0 saturated carbocycles. The highest BCUT2D eigenvalue weighted by atomic mass is 32.2. The third-order valence-electron chi connectivity index (χ3n) is 4.97. The second-order valence-electron chi connectivity index (χ2n) is 7.36. The number of anilines is 1. The summed E-state index contributed by atoms with van der Waals surface area (Å²) >= 11 is 0. The molecule has 0 spiro atoms. The fourth-order valence-electron chi connectivity index (χ4n) is 3.33. The molecule has 1 heterocycles. The lowest BCUT2D eigenvalue weighted by Gasteiger charge is -2.25. The number of esters is 1. The lowest BCUT2D eigenvalue weighted by atomic mass is 10.1. The van der Waals surface area contributed by atoms with Gasteiger partial charge in [-0.3, -0.25) is 9.59 Å². The Bertz CT molecular complexity index is 1130. The summed E-state index contributed by atoms with van der Waals surface area (Å²) < 4.78 is 45.8. The number of nitrogens with one attached hydrogen (secondary N) is 1. The smallest absolute Gasteiger partial charge is 0.338 e. The average molecular weight is 462 g/mol. The number of nitrogens with zero attached hydrogens (tertiary/aromatic N) is 1. The van der Waals surface area contributed by atoms with Crippen molar-refractivity contribution >= 4 is 33.4 Å². The van der Waals surface area contributed by atoms with Crippen molar-refractivity contribution in [3.05, 3.63) is 59.4 Å². The molecule has 3 rings (SSSR count). The fourth-order valence-corrected chi connectivity index (χ4v) is 4.85. The molecule has 1 N–H and O–H groups in total. The van der Waals surface area contributed by atoms with Crippen molar-refractivity contribution in [2.75, 3.05) is 25.0 Å². The summed E-state index contributed by atoms with van der Waals surface area (Å²) in [5.41, 5.74) is -0.0186. The van der Waals surface area contributed by atoms with E-state index in [0.717, 1.165) is 25.3 Å². The van der Waals surface area contributed by atoms with Crippen LogP contribution in [0.25, 0.3) is 0 Å². The molecule has 2 aromatic rings. The molecule has 1 aliphatic heterocycles. The van der Waals surface area contributed by atoms with Crippen LogP contribution in [0.3, 0.4) is 0 Å². The van der Waals surface area contributed by atoms with Crippen LogP contribution in [0, 0.1) is 5.82 Å². The number of sulfonamides is 1. The number of amides is 1. The standard InChI is InChI=1S/C22H23FN2O6S/c1-15(26)24-17-7-10-19(20(23)13-17)21(27)14-31-22(28)16-5-8-18(9-6-16)32(29,30)25-11-3-2-4-12-25/h5-10,13H,2-4,11-12,14H2,1H3,(H,24,26). The Morgan fingerprint density at radius 2 is 1.69 bits per heavy atom. The van der Waals surface area contributed by atoms with Gasteiger partial charge in [0, 0.05) is 25.7 Å². The molecule has 1 fully saturated rings. The molecular weight excluding hydrogens is 439 g/mol. The Morgan fingerprint density at radius 3 is 2.28 bits per heavy atom. The highest BCUT2D eigenvalue weighted by Crippen LogP contribution is 2.21. The number of carbonyl (C=O) groups is 3. The predicted molar refractivity (Wildman–Crippen MR) is 114 cm³/mol. The molecule has 1 saturated heterocycles. The van der Waals surface area contributed by atoms with Crippen molar-refractivity contribution in [1.29, 1.82) is 0 Å². The topological polar surface area (TPSA) is 110 Å². The SMILES string of the molecule is CC(=O)Nc1ccc(C(=O)COC(=O)c2ccc(S(=O)(=O)N3CCCCC3)cc2)c(F)c1. The van der Waals surface area contributed by atoms with Crippen LogP contribution in [0.15, 0.2) is 47.4 Å². The van der Waals surface area contributed by atoms with Gasteiger partial charge in [-0.1, -0.05) is 6.42 Å². The normalized spacial score (nSPS) is 14.6. The molecule has 8 nitrogen and oxygen atoms in total. The molecule has 0 aliphatic carbocycles. The van der Waals surface area contributed by atoms with Crippen molar-refractivity contribution in [2.24, 2.45) is 0 Å². The Kier molecular flexibility index (Phi) is 7.37. The minimum atomic E-state index is -3.62. The zero-order valence-electron chi connectivity index (χ0n) is 17.5. The van der Waals surface area contributed by atoms with E-state index in [2.05, 4.69) is 5.32 Å². The molecular formula is C22H23FN2O6S. The molecule has 170 valence electrons. The zero-order chi connectivity index (χ0) is 23.3. The molecule has 0 bridgehead atoms. The van der Waals surface area contributed by atoms with Crippen LogP contribution < -0.4 is 5.32 Å². The van der Waals surface area contributed by atoms with Gasteiger partial charge in [0.25, 0.3) is 0 Å². The summed E-state index contributed by atoms with van der Waals surface area (Å²) in [6.45, 7) is 1.52. The minimum absolute atomic E-state index is 0.0665. The Morgan fingerprint density at radius 1 is 1.03 bits per heavy atom. The Balaban J connectivity index is 1.61. The number of carbonyl (C=O) groups excluding carboxylic acids is 3. The molecule has 0 unspecified atom stereocenters. The monoisotopic (exact) mass is 462 g/mol. The quantitative estimate of drug-likeness (QED) is 0.500. The summed E-state index contributed by atoms with van der Waals surface area (Å²) in [4.78, 5) is 35.5. The van der Waals surface area contributed by atoms with Gasteiger partial charge >= 0.3 is 5.97 Å². The maximum Gasteiger partial charge on any atom is 0.338 e. The van der Waals surface area contributed by atoms with E-state index in [1.54, 1.807) is 0 Å². The lowest BCUT2D eigenvalue weighted by molar-refractivity contribution is -0.114. The Labute approximate surface area is 185 Å². The number of hydrogen-bond acceptors (Lipinski definition) is 6. The number of piperidine rings is 1. The van der Waals surface area contributed by atoms with E-state index in [4.69, 9.17) is 4.74 Å². The third-order valence-corrected chi connectivity index (χ3v) is 6.88. The summed E-state index contributed by atoms with van der Waals surface area (Å²) in [5.74, 6) is -2.83. The van der Waals surface area contributed by atoms with E-state index in [0.29, 0.717) is 13.1 Å². The first-order valence-electron chi connectivity index (χ1n) is 10.1. The van der Waals surface area contributed by atoms with E-state index in [1.165, 1.54) is 47.6 Å². The average Bonchev–Trinajstić information content (AvgIpc) is 2.77. The van der Waals surface area contributed by atoms with Gasteiger partial charge in [-0.25, -0.2) is 17.6 Å². The van der Waals surface area contributed by atoms with E-state index >= 15 is 0 Å². The van der Waals surface area contributed by atoms with Crippen LogP contribution in [0.1, 0.15) is 46.9 Å². The van der Waals surface area contributed by atoms with Gasteiger partial charge in [-0.05, 0) is 55.3 Å². The minimum Gasteiger partial charge on any atom is -0.454 e. The maximum atomic E-state index is 14.1. The molecule has 32 heavy (non-hydrogen) atoms. The molecule has 0 atom stereocenters. The molecule has 1 aliphatic rings. The molecule has 10 heteroatoms. The van der Waals surface area contributed by atoms with E-state index in [-0.39, 0.29) is 27.6 Å². The lowest BCUT2D eigenvalue weighted by Crippen LogP contribution is -2.35. The number of hydrogen-bond donors (Lipinski definition) is 1. The van der Waals surface area contributed by atoms with E-state index in [9.17, 15) is 27.2 Å². The fraction of sp³-hybridized carbons (Fsp3) is 0.318. The van der Waals surface area contributed by atoms with Crippen LogP contribution >= 0.6 is 0 Å². The number of benzene rings is 2. The first-order valence-corrected chi connectivity index (χ1v) is 11.5. The second kappa shape index (κ2) is 10.0. The van der Waals surface area contributed by atoms with Gasteiger partial charge in [0.15, 0.2) is 6.61 Å². The number of ether oxygens (including phenoxy) is 1. The maximum absolute atomic E-state index is 14.1. The molecule has 2 aromatic carbocycles. The zero-order valence-corrected chi connectivity index (χ0v) is 18.3. The number of rotatable bonds is 7. The van der Waals surface area contributed by atoms with Crippen LogP contribution in [-0.4, -0.2) is 50.1 Å². The van der Waals surface area contributed by atoms with Crippen molar-refractivity contribution in [2.45, 2.75) is 31.1 Å². The van der Waals surface area contributed by atoms with Crippen molar-refractivity contribution in [1.82, 2.24) is 4.31 Å². The van der Waals surface area contributed by atoms with Gasteiger partial charge in [0.05, 0.1) is 16.0 Å². The number of Topliss-reactive ketones (excluding diaryl/α,β-unsaturated/α-hetero) is 1. The molecule has 0 radical (unpaired) electrons. The predicted octanol–water partition coefficient (Wildman–Crippen LogP) is 3.00. The number of ketones is 1. The van der Waals surface area contributed by atoms with Gasteiger partial charge in [0.1, 0.15) is 5.82 Å². The van der Waals surface area contributed by atoms with Gasteiger partial charge in [-0.2, -0.15) is 4.31 Å². The van der Waals surface area contributed by atoms with Crippen LogP contribution in [0.5, 0.6) is 0 Å². The van der Waals surface area contributed by atoms with Crippen LogP contribution in [0.4, 0.5) is 10.1 Å². The number of halogens is 1. The second-order valence-corrected chi connectivity index (χ2v) is 9.30. The molecule has 1 amide bonds. The first kappa shape index (κ1) is 23.6. The summed E-state index contributed by atoms with van der Waals surface area (Å²) in [6.07, 6.45) is 2.63. The van der Waals surface area contributed by atoms with Crippen molar-refractivity contribution in [3.8, 4) is 0 Å². The van der Waals surface area contributed by atoms with E-state index < -0.39 is 34.2 Å². The van der Waals surface area contributed by atoms with Crippen molar-refractivity contribution in [3.63, 3.8) is 0 Å². The van der Waals surface area contributed by atoms with Gasteiger partial charge in [0.2, 0.25) is 21.7 Å². The summed E-state index contributed by atoms with van der Waals surface area (Å²) in [7, 11) is -3.62. The van der Waals surface area contributed by atoms with Gasteiger partial charge in [-0.15, -0.1) is 0 Å². The Hall–Kier alpha value is -3.11. The van der Waals surface area contributed by atoms with E-state index in [1.807, 2.05) is 0 Å². The largest absolute Gasteiger partial charge is 0.454 e. The highest BCUT2D eigenvalue weighted by molar-refractivity contribution is 7.89. The van der Waals surface area contributed by atoms with Gasteiger partial charge < -0.3 is 10.1 Å². The third kappa shape index (κ3) is 5.57. The van der Waals surface area contributed by atoms with Crippen LogP contribution in [-0.2, 0) is 19.6 Å². The summed E-state index contributed by atoms with van der Waals surface area (Å²) in [5, 5.41) is 2.40. The first-order chi connectivity index (χ1) is 15.2. The van der Waals surface area contributed by atoms with Crippen molar-refractivity contribution < 1.29 is 31.9 Å². The molecule has 0 aromatic heterocycles. The van der Waals surface area contributed by atoms with Crippen LogP contribution in [0.2, 0.25) is 0 Å². The summed E-state index contributed by atoms with van der Waals surface area (Å²) in [6, 6.07) is 8.82.